The molecule has 18 heavy (non-hydrogen) atoms. The van der Waals surface area contributed by atoms with E-state index in [1.807, 2.05) is 13.8 Å². The predicted molar refractivity (Wildman–Crippen MR) is 69.7 cm³/mol. The number of aromatic nitrogens is 2. The number of hydrogen-bond donors (Lipinski definition) is 1. The fourth-order valence-electron chi connectivity index (χ4n) is 2.26. The molecule has 1 aliphatic rings. The van der Waals surface area contributed by atoms with Crippen LogP contribution in [0.1, 0.15) is 45.8 Å². The molecule has 1 fully saturated rings. The quantitative estimate of drug-likeness (QED) is 0.887. The summed E-state index contributed by atoms with van der Waals surface area (Å²) in [5, 5.41) is 3.95. The van der Waals surface area contributed by atoms with Gasteiger partial charge in [-0.2, -0.15) is 4.98 Å². The maximum absolute atomic E-state index is 5.94. The molecule has 0 amide bonds. The van der Waals surface area contributed by atoms with Crippen molar-refractivity contribution in [2.45, 2.75) is 46.2 Å². The molecule has 0 bridgehead atoms. The van der Waals surface area contributed by atoms with Gasteiger partial charge in [0.05, 0.1) is 12.1 Å². The normalized spacial score (nSPS) is 26.5. The van der Waals surface area contributed by atoms with Crippen molar-refractivity contribution in [1.29, 1.82) is 0 Å². The summed E-state index contributed by atoms with van der Waals surface area (Å²) in [4.78, 5) is 6.76. The summed E-state index contributed by atoms with van der Waals surface area (Å²) in [5.74, 6) is 2.79. The van der Waals surface area contributed by atoms with E-state index in [0.29, 0.717) is 11.7 Å². The second-order valence-electron chi connectivity index (χ2n) is 6.21. The summed E-state index contributed by atoms with van der Waals surface area (Å²) in [6.45, 7) is 11.3. The van der Waals surface area contributed by atoms with Gasteiger partial charge in [-0.1, -0.05) is 19.0 Å². The van der Waals surface area contributed by atoms with Crippen molar-refractivity contribution in [1.82, 2.24) is 15.0 Å². The third-order valence-electron chi connectivity index (χ3n) is 3.82. The van der Waals surface area contributed by atoms with Crippen molar-refractivity contribution in [3.05, 3.63) is 11.7 Å². The number of nitrogens with two attached hydrogens (primary N) is 1. The van der Waals surface area contributed by atoms with Crippen LogP contribution in [-0.2, 0) is 12.1 Å². The molecule has 0 saturated carbocycles. The van der Waals surface area contributed by atoms with Crippen LogP contribution in [-0.4, -0.2) is 28.1 Å². The topological polar surface area (TPSA) is 68.2 Å². The molecular weight excluding hydrogens is 228 g/mol. The van der Waals surface area contributed by atoms with E-state index in [0.717, 1.165) is 31.5 Å². The van der Waals surface area contributed by atoms with E-state index in [9.17, 15) is 0 Å². The average Bonchev–Trinajstić information content (AvgIpc) is 2.72. The zero-order chi connectivity index (χ0) is 13.3. The lowest BCUT2D eigenvalue weighted by molar-refractivity contribution is 0.119. The number of nitrogens with zero attached hydrogens (tertiary/aromatic N) is 3. The van der Waals surface area contributed by atoms with Crippen LogP contribution in [0.25, 0.3) is 0 Å². The number of piperidine rings is 1. The molecule has 0 aromatic carbocycles. The Labute approximate surface area is 109 Å². The number of hydrogen-bond acceptors (Lipinski definition) is 5. The summed E-state index contributed by atoms with van der Waals surface area (Å²) >= 11 is 0. The fraction of sp³-hybridized carbons (Fsp3) is 0.846. The first-order chi connectivity index (χ1) is 8.36. The van der Waals surface area contributed by atoms with Gasteiger partial charge in [0.25, 0.3) is 0 Å². The molecule has 102 valence electrons. The highest BCUT2D eigenvalue weighted by molar-refractivity contribution is 4.99. The van der Waals surface area contributed by atoms with Gasteiger partial charge < -0.3 is 10.3 Å². The smallest absolute Gasteiger partial charge is 0.240 e. The van der Waals surface area contributed by atoms with E-state index in [4.69, 9.17) is 10.3 Å². The molecule has 2 heterocycles. The first-order valence-electron chi connectivity index (χ1n) is 6.70. The maximum Gasteiger partial charge on any atom is 0.240 e. The van der Waals surface area contributed by atoms with Crippen molar-refractivity contribution in [2.24, 2.45) is 17.6 Å². The van der Waals surface area contributed by atoms with Crippen molar-refractivity contribution in [2.75, 3.05) is 13.1 Å². The predicted octanol–water partition coefficient (Wildman–Crippen LogP) is 1.74. The third-order valence-corrected chi connectivity index (χ3v) is 3.82. The van der Waals surface area contributed by atoms with E-state index in [-0.39, 0.29) is 0 Å². The molecule has 0 radical (unpaired) electrons. The standard InChI is InChI=1S/C13H24N4O/c1-9-5-6-17(7-10(9)2)8-11-15-12(16-18-11)13(3,4)14/h9-10H,5-8,14H2,1-4H3. The SMILES string of the molecule is CC1CCN(Cc2nc(C(C)(C)N)no2)CC1C. The molecule has 0 spiro atoms. The van der Waals surface area contributed by atoms with Crippen LogP contribution in [0.5, 0.6) is 0 Å². The van der Waals surface area contributed by atoms with Gasteiger partial charge in [-0.3, -0.25) is 4.90 Å². The Balaban J connectivity index is 1.96. The molecule has 2 atom stereocenters. The van der Waals surface area contributed by atoms with Gasteiger partial charge in [0.15, 0.2) is 5.82 Å². The second-order valence-corrected chi connectivity index (χ2v) is 6.21. The fourth-order valence-corrected chi connectivity index (χ4v) is 2.26. The second kappa shape index (κ2) is 4.97. The van der Waals surface area contributed by atoms with Crippen molar-refractivity contribution < 1.29 is 4.52 Å². The Morgan fingerprint density at radius 2 is 2.11 bits per heavy atom. The first-order valence-corrected chi connectivity index (χ1v) is 6.70. The summed E-state index contributed by atoms with van der Waals surface area (Å²) in [7, 11) is 0. The molecule has 2 N–H and O–H groups in total. The van der Waals surface area contributed by atoms with E-state index in [1.165, 1.54) is 6.42 Å². The van der Waals surface area contributed by atoms with Crippen molar-refractivity contribution in [3.63, 3.8) is 0 Å². The van der Waals surface area contributed by atoms with Crippen molar-refractivity contribution >= 4 is 0 Å². The number of likely N-dealkylation sites (tertiary alicyclic amines) is 1. The Morgan fingerprint density at radius 3 is 2.67 bits per heavy atom. The van der Waals surface area contributed by atoms with Crippen LogP contribution in [0.4, 0.5) is 0 Å². The largest absolute Gasteiger partial charge is 0.338 e. The maximum atomic E-state index is 5.94. The highest BCUT2D eigenvalue weighted by Crippen LogP contribution is 2.23. The van der Waals surface area contributed by atoms with Crippen LogP contribution >= 0.6 is 0 Å². The van der Waals surface area contributed by atoms with Gasteiger partial charge in [0.2, 0.25) is 5.89 Å². The highest BCUT2D eigenvalue weighted by atomic mass is 16.5. The van der Waals surface area contributed by atoms with E-state index in [1.54, 1.807) is 0 Å². The Kier molecular flexibility index (Phi) is 3.73. The zero-order valence-corrected chi connectivity index (χ0v) is 11.8. The summed E-state index contributed by atoms with van der Waals surface area (Å²) in [6.07, 6.45) is 1.24. The number of rotatable bonds is 3. The van der Waals surface area contributed by atoms with Crippen LogP contribution in [0.2, 0.25) is 0 Å². The third kappa shape index (κ3) is 3.09. The lowest BCUT2D eigenvalue weighted by Gasteiger charge is -2.34. The molecule has 0 aliphatic carbocycles. The van der Waals surface area contributed by atoms with Gasteiger partial charge in [0.1, 0.15) is 0 Å². The minimum Gasteiger partial charge on any atom is -0.338 e. The van der Waals surface area contributed by atoms with E-state index in [2.05, 4.69) is 28.9 Å². The van der Waals surface area contributed by atoms with E-state index < -0.39 is 5.54 Å². The zero-order valence-electron chi connectivity index (χ0n) is 11.8. The minimum atomic E-state index is -0.536. The molecule has 5 nitrogen and oxygen atoms in total. The highest BCUT2D eigenvalue weighted by Gasteiger charge is 2.25. The van der Waals surface area contributed by atoms with Crippen LogP contribution in [0.3, 0.4) is 0 Å². The summed E-state index contributed by atoms with van der Waals surface area (Å²) in [5.41, 5.74) is 5.41. The molecule has 1 aromatic rings. The molecule has 1 aliphatic heterocycles. The first kappa shape index (κ1) is 13.5. The van der Waals surface area contributed by atoms with Crippen molar-refractivity contribution in [3.8, 4) is 0 Å². The lowest BCUT2D eigenvalue weighted by Crippen LogP contribution is -2.38. The molecule has 2 rings (SSSR count). The van der Waals surface area contributed by atoms with Crippen LogP contribution in [0.15, 0.2) is 4.52 Å². The molecular formula is C13H24N4O. The summed E-state index contributed by atoms with van der Waals surface area (Å²) < 4.78 is 5.27. The van der Waals surface area contributed by atoms with Gasteiger partial charge >= 0.3 is 0 Å². The Morgan fingerprint density at radius 1 is 1.39 bits per heavy atom. The molecule has 2 unspecified atom stereocenters. The minimum absolute atomic E-state index is 0.536. The summed E-state index contributed by atoms with van der Waals surface area (Å²) in [6, 6.07) is 0. The van der Waals surface area contributed by atoms with E-state index >= 15 is 0 Å². The van der Waals surface area contributed by atoms with Gasteiger partial charge in [-0.15, -0.1) is 0 Å². The van der Waals surface area contributed by atoms with Gasteiger partial charge in [-0.25, -0.2) is 0 Å². The lowest BCUT2D eigenvalue weighted by atomic mass is 9.89. The molecule has 1 saturated heterocycles. The van der Waals surface area contributed by atoms with Gasteiger partial charge in [-0.05, 0) is 38.6 Å². The van der Waals surface area contributed by atoms with Crippen LogP contribution < -0.4 is 5.73 Å². The average molecular weight is 252 g/mol. The molecule has 1 aromatic heterocycles. The Hall–Kier alpha value is -0.940. The molecule has 5 heteroatoms. The van der Waals surface area contributed by atoms with Crippen LogP contribution in [0, 0.1) is 11.8 Å². The monoisotopic (exact) mass is 252 g/mol. The van der Waals surface area contributed by atoms with Gasteiger partial charge in [0, 0.05) is 6.54 Å². The Bertz CT molecular complexity index is 396.